The third-order valence-corrected chi connectivity index (χ3v) is 13.3. The molecule has 64 heavy (non-hydrogen) atoms. The Morgan fingerprint density at radius 3 is 1.50 bits per heavy atom. The predicted octanol–water partition coefficient (Wildman–Crippen LogP) is 16.2. The highest BCUT2D eigenvalue weighted by Crippen LogP contribution is 2.50. The van der Waals surface area contributed by atoms with Crippen molar-refractivity contribution in [3.05, 3.63) is 247 Å². The highest BCUT2D eigenvalue weighted by Gasteiger charge is 2.33. The van der Waals surface area contributed by atoms with E-state index in [1.54, 1.807) is 0 Å². The number of fused-ring (bicyclic) bond motifs is 10. The second-order valence-electron chi connectivity index (χ2n) is 16.9. The largest absolute Gasteiger partial charge is 0.310 e. The maximum Gasteiger partial charge on any atom is 0.0702 e. The molecule has 0 saturated heterocycles. The minimum Gasteiger partial charge on any atom is -0.310 e. The smallest absolute Gasteiger partial charge is 0.0702 e. The Morgan fingerprint density at radius 2 is 0.891 bits per heavy atom. The van der Waals surface area contributed by atoms with Gasteiger partial charge >= 0.3 is 0 Å². The molecular formula is C60H42N4. The fraction of sp³-hybridized carbons (Fsp3) is 0.0333. The summed E-state index contributed by atoms with van der Waals surface area (Å²) in [6.45, 7) is 0. The number of para-hydroxylation sites is 8. The van der Waals surface area contributed by atoms with Gasteiger partial charge in [0.1, 0.15) is 0 Å². The molecular weight excluding hydrogens is 777 g/mol. The van der Waals surface area contributed by atoms with Crippen LogP contribution >= 0.6 is 0 Å². The van der Waals surface area contributed by atoms with Crippen LogP contribution in [-0.4, -0.2) is 9.13 Å². The van der Waals surface area contributed by atoms with Gasteiger partial charge in [-0.15, -0.1) is 0 Å². The number of allylic oxidation sites excluding steroid dienone is 1. The molecule has 302 valence electrons. The lowest BCUT2D eigenvalue weighted by Gasteiger charge is -2.30. The molecule has 2 aliphatic rings. The highest BCUT2D eigenvalue weighted by atomic mass is 15.2. The van der Waals surface area contributed by atoms with E-state index < -0.39 is 0 Å². The van der Waals surface area contributed by atoms with Gasteiger partial charge in [-0.2, -0.15) is 0 Å². The lowest BCUT2D eigenvalue weighted by Crippen LogP contribution is -2.16. The van der Waals surface area contributed by atoms with E-state index in [2.05, 4.69) is 256 Å². The Morgan fingerprint density at radius 1 is 0.375 bits per heavy atom. The van der Waals surface area contributed by atoms with Gasteiger partial charge in [-0.1, -0.05) is 140 Å². The number of hydrogen-bond acceptors (Lipinski definition) is 2. The van der Waals surface area contributed by atoms with Gasteiger partial charge in [-0.25, -0.2) is 0 Å². The first-order valence-corrected chi connectivity index (χ1v) is 22.2. The van der Waals surface area contributed by atoms with E-state index in [1.165, 1.54) is 60.9 Å². The van der Waals surface area contributed by atoms with Crippen molar-refractivity contribution in [2.75, 3.05) is 9.80 Å². The molecule has 0 saturated carbocycles. The minimum atomic E-state index is 0.182. The van der Waals surface area contributed by atoms with Crippen LogP contribution in [0.1, 0.15) is 29.2 Å². The lowest BCUT2D eigenvalue weighted by molar-refractivity contribution is 0.759. The molecule has 0 spiro atoms. The van der Waals surface area contributed by atoms with Gasteiger partial charge in [0.25, 0.3) is 0 Å². The molecule has 0 amide bonds. The maximum absolute atomic E-state index is 2.58. The summed E-state index contributed by atoms with van der Waals surface area (Å²) in [6.07, 6.45) is 5.72. The Kier molecular flexibility index (Phi) is 8.31. The van der Waals surface area contributed by atoms with Crippen molar-refractivity contribution < 1.29 is 0 Å². The van der Waals surface area contributed by atoms with E-state index in [-0.39, 0.29) is 5.92 Å². The molecule has 3 heterocycles. The molecule has 9 aromatic carbocycles. The van der Waals surface area contributed by atoms with Crippen LogP contribution in [0.4, 0.5) is 34.1 Å². The van der Waals surface area contributed by atoms with E-state index in [0.717, 1.165) is 51.7 Å². The summed E-state index contributed by atoms with van der Waals surface area (Å²) in [4.78, 5) is 4.74. The molecule has 11 aromatic rings. The molecule has 4 nitrogen and oxygen atoms in total. The van der Waals surface area contributed by atoms with Gasteiger partial charge in [-0.3, -0.25) is 0 Å². The summed E-state index contributed by atoms with van der Waals surface area (Å²) in [6, 6.07) is 81.9. The van der Waals surface area contributed by atoms with Crippen LogP contribution in [0.25, 0.3) is 61.3 Å². The Labute approximate surface area is 372 Å². The van der Waals surface area contributed by atoms with Crippen LogP contribution in [0.2, 0.25) is 0 Å². The van der Waals surface area contributed by atoms with Crippen LogP contribution in [0.3, 0.4) is 0 Å². The molecule has 2 aromatic heterocycles. The van der Waals surface area contributed by atoms with Crippen LogP contribution in [0.15, 0.2) is 231 Å². The second kappa shape index (κ2) is 14.6. The Bertz CT molecular complexity index is 3400. The van der Waals surface area contributed by atoms with Crippen molar-refractivity contribution in [3.8, 4) is 22.5 Å². The fourth-order valence-corrected chi connectivity index (χ4v) is 10.6. The van der Waals surface area contributed by atoms with Crippen LogP contribution in [0, 0.1) is 0 Å². The highest BCUT2D eigenvalue weighted by molar-refractivity contribution is 6.11. The molecule has 0 radical (unpaired) electrons. The van der Waals surface area contributed by atoms with Crippen molar-refractivity contribution in [2.45, 2.75) is 12.3 Å². The van der Waals surface area contributed by atoms with Gasteiger partial charge in [0.15, 0.2) is 0 Å². The Balaban J connectivity index is 1.07. The van der Waals surface area contributed by atoms with Crippen molar-refractivity contribution in [1.82, 2.24) is 9.13 Å². The third-order valence-electron chi connectivity index (χ3n) is 13.3. The van der Waals surface area contributed by atoms with Crippen molar-refractivity contribution in [1.29, 1.82) is 0 Å². The molecule has 13 rings (SSSR count). The molecule has 1 atom stereocenters. The fourth-order valence-electron chi connectivity index (χ4n) is 10.6. The van der Waals surface area contributed by atoms with E-state index in [0.29, 0.717) is 0 Å². The van der Waals surface area contributed by atoms with E-state index in [9.17, 15) is 0 Å². The van der Waals surface area contributed by atoms with Gasteiger partial charge in [-0.05, 0) is 120 Å². The number of aromatic nitrogens is 2. The zero-order valence-electron chi connectivity index (χ0n) is 35.1. The number of hydrogen-bond donors (Lipinski definition) is 0. The molecule has 0 N–H and O–H groups in total. The van der Waals surface area contributed by atoms with Crippen LogP contribution in [0.5, 0.6) is 0 Å². The van der Waals surface area contributed by atoms with E-state index >= 15 is 0 Å². The van der Waals surface area contributed by atoms with Crippen LogP contribution in [-0.2, 0) is 0 Å². The summed E-state index contributed by atoms with van der Waals surface area (Å²) in [5.74, 6) is 0.182. The summed E-state index contributed by atoms with van der Waals surface area (Å²) >= 11 is 0. The standard InChI is InChI=1S/C60H42N4/c1-5-19-43(20-6-1)61(44-21-7-2-8-22-44)47-37-42(38-48(40-47)62(45-23-9-3-10-24-45)46-25-11-4-12-26-46)41-35-36-56-54(39-41)53-31-18-30-52-51-29-17-28-50-49-27-13-14-32-55(49)63(59(50)51)57-33-15-16-34-58(57)64(56)60(52)53/h1-29,31-40,52H,30H2. The van der Waals surface area contributed by atoms with Gasteiger partial charge in [0, 0.05) is 67.5 Å². The normalized spacial score (nSPS) is 13.7. The first-order chi connectivity index (χ1) is 31.8. The SMILES string of the molecule is C1=Cc2c3n(c4ccc(-c5cc(N(c6ccccc6)c6ccccc6)cc(N(c6ccccc6)c6ccccc6)c5)cc24)-c2ccccc2-n2c4ccccc4c4cccc(c42)C3C1. The molecule has 1 unspecified atom stereocenters. The zero-order valence-corrected chi connectivity index (χ0v) is 35.1. The number of rotatable bonds is 7. The van der Waals surface area contributed by atoms with Gasteiger partial charge in [0.05, 0.1) is 27.9 Å². The number of benzene rings is 9. The molecule has 0 bridgehead atoms. The molecule has 0 fully saturated rings. The van der Waals surface area contributed by atoms with Crippen LogP contribution < -0.4 is 9.80 Å². The number of nitrogens with zero attached hydrogens (tertiary/aromatic N) is 4. The average molecular weight is 819 g/mol. The van der Waals surface area contributed by atoms with Gasteiger partial charge in [0.2, 0.25) is 0 Å². The molecule has 4 heteroatoms. The van der Waals surface area contributed by atoms with Gasteiger partial charge < -0.3 is 18.9 Å². The van der Waals surface area contributed by atoms with Crippen molar-refractivity contribution in [3.63, 3.8) is 0 Å². The van der Waals surface area contributed by atoms with Crippen molar-refractivity contribution in [2.24, 2.45) is 0 Å². The monoisotopic (exact) mass is 818 g/mol. The molecule has 1 aliphatic carbocycles. The van der Waals surface area contributed by atoms with E-state index in [4.69, 9.17) is 0 Å². The molecule has 1 aliphatic heterocycles. The predicted molar refractivity (Wildman–Crippen MR) is 268 cm³/mol. The second-order valence-corrected chi connectivity index (χ2v) is 16.9. The summed E-state index contributed by atoms with van der Waals surface area (Å²) < 4.78 is 5.11. The topological polar surface area (TPSA) is 16.3 Å². The zero-order chi connectivity index (χ0) is 42.1. The quantitative estimate of drug-likeness (QED) is 0.159. The van der Waals surface area contributed by atoms with Crippen molar-refractivity contribution >= 4 is 72.9 Å². The summed E-state index contributed by atoms with van der Waals surface area (Å²) in [7, 11) is 0. The maximum atomic E-state index is 2.58. The summed E-state index contributed by atoms with van der Waals surface area (Å²) in [5, 5.41) is 3.85. The van der Waals surface area contributed by atoms with E-state index in [1.807, 2.05) is 0 Å². The minimum absolute atomic E-state index is 0.182. The average Bonchev–Trinajstić information content (AvgIpc) is 3.88. The number of anilines is 6. The third kappa shape index (κ3) is 5.62. The first-order valence-electron chi connectivity index (χ1n) is 22.2. The first kappa shape index (κ1) is 36.3. The summed E-state index contributed by atoms with van der Waals surface area (Å²) in [5.41, 5.74) is 19.0. The Hall–Kier alpha value is -8.34. The lowest BCUT2D eigenvalue weighted by atomic mass is 9.84.